The molecule has 1 aromatic rings. The zero-order valence-corrected chi connectivity index (χ0v) is 13.6. The maximum atomic E-state index is 12.0. The van der Waals surface area contributed by atoms with Gasteiger partial charge in [0, 0.05) is 6.61 Å². The first-order valence-electron chi connectivity index (χ1n) is 7.66. The highest BCUT2D eigenvalue weighted by Crippen LogP contribution is 2.29. The summed E-state index contributed by atoms with van der Waals surface area (Å²) in [6.45, 7) is 10.5. The van der Waals surface area contributed by atoms with Gasteiger partial charge in [0.25, 0.3) is 0 Å². The Hall–Kier alpha value is -1.43. The van der Waals surface area contributed by atoms with Crippen LogP contribution in [0.3, 0.4) is 0 Å². The number of hydrogen-bond donors (Lipinski definition) is 0. The molecule has 1 heterocycles. The number of ether oxygens (including phenoxy) is 2. The first kappa shape index (κ1) is 17.6. The van der Waals surface area contributed by atoms with Crippen molar-refractivity contribution in [3.05, 3.63) is 11.7 Å². The molecule has 0 spiro atoms. The van der Waals surface area contributed by atoms with Gasteiger partial charge in [-0.05, 0) is 33.6 Å². The summed E-state index contributed by atoms with van der Waals surface area (Å²) in [5, 5.41) is 4.00. The maximum Gasteiger partial charge on any atom is 0.318 e. The van der Waals surface area contributed by atoms with Crippen molar-refractivity contribution in [2.75, 3.05) is 13.2 Å². The summed E-state index contributed by atoms with van der Waals surface area (Å²) in [7, 11) is 0. The highest BCUT2D eigenvalue weighted by Gasteiger charge is 2.34. The molecule has 21 heavy (non-hydrogen) atoms. The Morgan fingerprint density at radius 3 is 2.52 bits per heavy atom. The first-order chi connectivity index (χ1) is 10.0. The van der Waals surface area contributed by atoms with Gasteiger partial charge >= 0.3 is 5.97 Å². The number of hydrogen-bond acceptors (Lipinski definition) is 6. The lowest BCUT2D eigenvalue weighted by Gasteiger charge is -2.23. The Morgan fingerprint density at radius 1 is 1.29 bits per heavy atom. The fourth-order valence-corrected chi connectivity index (χ4v) is 2.11. The first-order valence-corrected chi connectivity index (χ1v) is 7.66. The van der Waals surface area contributed by atoms with Gasteiger partial charge in [-0.1, -0.05) is 25.4 Å². The van der Waals surface area contributed by atoms with Crippen LogP contribution < -0.4 is 0 Å². The molecule has 1 aromatic heterocycles. The van der Waals surface area contributed by atoms with Gasteiger partial charge in [0.2, 0.25) is 11.7 Å². The quantitative estimate of drug-likeness (QED) is 0.652. The molecular weight excluding hydrogens is 272 g/mol. The second-order valence-electron chi connectivity index (χ2n) is 5.07. The predicted molar refractivity (Wildman–Crippen MR) is 77.8 cm³/mol. The highest BCUT2D eigenvalue weighted by atomic mass is 16.5. The molecule has 2 atom stereocenters. The third-order valence-electron chi connectivity index (χ3n) is 3.50. The van der Waals surface area contributed by atoms with Crippen LogP contribution in [0.4, 0.5) is 0 Å². The Morgan fingerprint density at radius 2 is 2.00 bits per heavy atom. The van der Waals surface area contributed by atoms with E-state index in [-0.39, 0.29) is 5.97 Å². The monoisotopic (exact) mass is 298 g/mol. The molecule has 0 aromatic carbocycles. The van der Waals surface area contributed by atoms with Gasteiger partial charge in [-0.15, -0.1) is 0 Å². The average Bonchev–Trinajstić information content (AvgIpc) is 2.95. The van der Waals surface area contributed by atoms with Crippen molar-refractivity contribution in [3.63, 3.8) is 0 Å². The Labute approximate surface area is 126 Å². The van der Waals surface area contributed by atoms with E-state index in [0.29, 0.717) is 31.3 Å². The van der Waals surface area contributed by atoms with Gasteiger partial charge in [0.15, 0.2) is 0 Å². The van der Waals surface area contributed by atoms with Crippen molar-refractivity contribution in [3.8, 4) is 0 Å². The van der Waals surface area contributed by atoms with Gasteiger partial charge in [0.05, 0.1) is 6.61 Å². The fraction of sp³-hybridized carbons (Fsp3) is 0.800. The van der Waals surface area contributed by atoms with Crippen molar-refractivity contribution in [2.45, 2.75) is 65.4 Å². The lowest BCUT2D eigenvalue weighted by atomic mass is 10.0. The van der Waals surface area contributed by atoms with Crippen LogP contribution in [0, 0.1) is 0 Å². The number of rotatable bonds is 9. The molecule has 0 aliphatic rings. The Kier molecular flexibility index (Phi) is 6.81. The molecule has 0 bridgehead atoms. The molecule has 6 nitrogen and oxygen atoms in total. The summed E-state index contributed by atoms with van der Waals surface area (Å²) in [4.78, 5) is 16.4. The Balaban J connectivity index is 3.00. The largest absolute Gasteiger partial charge is 0.465 e. The van der Waals surface area contributed by atoms with Crippen molar-refractivity contribution in [1.29, 1.82) is 0 Å². The summed E-state index contributed by atoms with van der Waals surface area (Å²) in [6.07, 6.45) is 2.17. The van der Waals surface area contributed by atoms with Crippen LogP contribution in [0.15, 0.2) is 4.52 Å². The summed E-state index contributed by atoms with van der Waals surface area (Å²) < 4.78 is 16.1. The van der Waals surface area contributed by atoms with E-state index in [1.807, 2.05) is 27.7 Å². The number of carbonyl (C=O) groups is 1. The topological polar surface area (TPSA) is 74.5 Å². The van der Waals surface area contributed by atoms with Crippen LogP contribution >= 0.6 is 0 Å². The molecule has 0 amide bonds. The minimum Gasteiger partial charge on any atom is -0.465 e. The van der Waals surface area contributed by atoms with Crippen molar-refractivity contribution in [1.82, 2.24) is 10.1 Å². The predicted octanol–water partition coefficient (Wildman–Crippen LogP) is 3.18. The van der Waals surface area contributed by atoms with E-state index >= 15 is 0 Å². The molecule has 0 N–H and O–H groups in total. The Bertz CT molecular complexity index is 447. The fourth-order valence-electron chi connectivity index (χ4n) is 2.11. The van der Waals surface area contributed by atoms with Crippen LogP contribution in [-0.4, -0.2) is 29.3 Å². The number of aromatic nitrogens is 2. The van der Waals surface area contributed by atoms with Crippen LogP contribution in [-0.2, 0) is 19.9 Å². The van der Waals surface area contributed by atoms with Gasteiger partial charge in [0.1, 0.15) is 11.5 Å². The molecule has 0 saturated carbocycles. The third kappa shape index (κ3) is 4.27. The van der Waals surface area contributed by atoms with E-state index < -0.39 is 11.5 Å². The van der Waals surface area contributed by atoms with Crippen molar-refractivity contribution >= 4 is 5.97 Å². The van der Waals surface area contributed by atoms with Gasteiger partial charge in [-0.25, -0.2) is 0 Å². The number of carbonyl (C=O) groups excluding carboxylic acids is 1. The summed E-state index contributed by atoms with van der Waals surface area (Å²) in [5.74, 6) is -0.0278. The zero-order chi connectivity index (χ0) is 15.9. The normalized spacial score (nSPS) is 15.5. The number of esters is 1. The molecular formula is C15H26N2O4. The second kappa shape index (κ2) is 8.12. The summed E-state index contributed by atoms with van der Waals surface area (Å²) in [5.41, 5.74) is -0.595. The smallest absolute Gasteiger partial charge is 0.318 e. The lowest BCUT2D eigenvalue weighted by Crippen LogP contribution is -2.27. The maximum absolute atomic E-state index is 12.0. The molecule has 0 fully saturated rings. The standard InChI is InChI=1S/C15H26N2O4/c1-6-10-11(13(18)19-8-3)12-16-14(17-21-12)15(5,7-2)20-9-4/h11H,6-10H2,1-5H3. The SMILES string of the molecule is CCCC(C(=O)OCC)c1nc(C(C)(CC)OCC)no1. The van der Waals surface area contributed by atoms with Gasteiger partial charge in [-0.2, -0.15) is 4.98 Å². The molecule has 0 saturated heterocycles. The van der Waals surface area contributed by atoms with E-state index in [1.165, 1.54) is 0 Å². The van der Waals surface area contributed by atoms with Crippen molar-refractivity contribution in [2.24, 2.45) is 0 Å². The molecule has 1 rings (SSSR count). The summed E-state index contributed by atoms with van der Waals surface area (Å²) >= 11 is 0. The van der Waals surface area contributed by atoms with Crippen LogP contribution in [0.5, 0.6) is 0 Å². The van der Waals surface area contributed by atoms with E-state index in [4.69, 9.17) is 14.0 Å². The molecule has 6 heteroatoms. The number of nitrogens with zero attached hydrogens (tertiary/aromatic N) is 2. The van der Waals surface area contributed by atoms with E-state index in [2.05, 4.69) is 10.1 Å². The minimum absolute atomic E-state index is 0.310. The average molecular weight is 298 g/mol. The van der Waals surface area contributed by atoms with E-state index in [9.17, 15) is 4.79 Å². The molecule has 0 aliphatic carbocycles. The van der Waals surface area contributed by atoms with Crippen molar-refractivity contribution < 1.29 is 18.8 Å². The summed E-state index contributed by atoms with van der Waals surface area (Å²) in [6, 6.07) is 0. The van der Waals surface area contributed by atoms with E-state index in [0.717, 1.165) is 12.8 Å². The van der Waals surface area contributed by atoms with Gasteiger partial charge in [-0.3, -0.25) is 4.79 Å². The molecule has 0 aliphatic heterocycles. The van der Waals surface area contributed by atoms with Crippen LogP contribution in [0.25, 0.3) is 0 Å². The van der Waals surface area contributed by atoms with E-state index in [1.54, 1.807) is 6.92 Å². The lowest BCUT2D eigenvalue weighted by molar-refractivity contribution is -0.145. The zero-order valence-electron chi connectivity index (χ0n) is 13.6. The highest BCUT2D eigenvalue weighted by molar-refractivity contribution is 5.76. The molecule has 0 radical (unpaired) electrons. The molecule has 2 unspecified atom stereocenters. The third-order valence-corrected chi connectivity index (χ3v) is 3.50. The van der Waals surface area contributed by atoms with Crippen LogP contribution in [0.2, 0.25) is 0 Å². The second-order valence-corrected chi connectivity index (χ2v) is 5.07. The molecule has 120 valence electrons. The van der Waals surface area contributed by atoms with Gasteiger partial charge < -0.3 is 14.0 Å². The van der Waals surface area contributed by atoms with Crippen LogP contribution in [0.1, 0.15) is 71.5 Å². The minimum atomic E-state index is -0.595.